The molecular weight excluding hydrogens is 150 g/mol. The van der Waals surface area contributed by atoms with Gasteiger partial charge in [-0.25, -0.2) is 0 Å². The minimum absolute atomic E-state index is 0.386. The Hall–Kier alpha value is -1.44. The molecular formula is C10H11NO. The summed E-state index contributed by atoms with van der Waals surface area (Å²) in [6, 6.07) is 5.85. The Bertz CT molecular complexity index is 429. The van der Waals surface area contributed by atoms with E-state index in [2.05, 4.69) is 4.98 Å². The van der Waals surface area contributed by atoms with Crippen LogP contribution in [0.15, 0.2) is 18.2 Å². The number of phenols is 1. The van der Waals surface area contributed by atoms with Crippen molar-refractivity contribution in [3.63, 3.8) is 0 Å². The van der Waals surface area contributed by atoms with Gasteiger partial charge in [0.1, 0.15) is 5.75 Å². The number of benzene rings is 1. The highest BCUT2D eigenvalue weighted by atomic mass is 16.3. The summed E-state index contributed by atoms with van der Waals surface area (Å²) in [7, 11) is 0. The van der Waals surface area contributed by atoms with Gasteiger partial charge in [-0.15, -0.1) is 0 Å². The third kappa shape index (κ3) is 0.881. The number of aryl methyl sites for hydroxylation is 2. The Morgan fingerprint density at radius 2 is 2.00 bits per heavy atom. The van der Waals surface area contributed by atoms with Crippen LogP contribution in [-0.2, 0) is 0 Å². The van der Waals surface area contributed by atoms with Gasteiger partial charge in [-0.2, -0.15) is 0 Å². The lowest BCUT2D eigenvalue weighted by Crippen LogP contribution is -1.74. The molecule has 0 bridgehead atoms. The molecule has 0 atom stereocenters. The summed E-state index contributed by atoms with van der Waals surface area (Å²) in [4.78, 5) is 3.17. The fraction of sp³-hybridized carbons (Fsp3) is 0.200. The van der Waals surface area contributed by atoms with Crippen molar-refractivity contribution >= 4 is 10.9 Å². The number of H-pyrrole nitrogens is 1. The molecule has 0 amide bonds. The lowest BCUT2D eigenvalue weighted by Gasteiger charge is -1.98. The first-order valence-electron chi connectivity index (χ1n) is 3.96. The second-order valence-electron chi connectivity index (χ2n) is 3.14. The van der Waals surface area contributed by atoms with Gasteiger partial charge in [0.15, 0.2) is 0 Å². The van der Waals surface area contributed by atoms with Crippen LogP contribution in [0.2, 0.25) is 0 Å². The van der Waals surface area contributed by atoms with Crippen LogP contribution in [0.5, 0.6) is 5.75 Å². The molecule has 0 fully saturated rings. The van der Waals surface area contributed by atoms with Crippen LogP contribution in [0.1, 0.15) is 11.3 Å². The number of rotatable bonds is 0. The molecule has 0 aliphatic rings. The molecule has 0 radical (unpaired) electrons. The second-order valence-corrected chi connectivity index (χ2v) is 3.14. The number of nitrogens with one attached hydrogen (secondary N) is 1. The molecule has 0 unspecified atom stereocenters. The Balaban J connectivity index is 2.89. The molecule has 0 aliphatic carbocycles. The van der Waals surface area contributed by atoms with E-state index in [4.69, 9.17) is 0 Å². The van der Waals surface area contributed by atoms with Gasteiger partial charge in [0.25, 0.3) is 0 Å². The van der Waals surface area contributed by atoms with Crippen LogP contribution in [0.4, 0.5) is 0 Å². The highest BCUT2D eigenvalue weighted by molar-refractivity contribution is 5.87. The lowest BCUT2D eigenvalue weighted by atomic mass is 10.1. The van der Waals surface area contributed by atoms with Gasteiger partial charge in [0.2, 0.25) is 0 Å². The number of aromatic amines is 1. The van der Waals surface area contributed by atoms with Crippen LogP contribution in [0.25, 0.3) is 10.9 Å². The van der Waals surface area contributed by atoms with Crippen molar-refractivity contribution in [1.82, 2.24) is 4.98 Å². The van der Waals surface area contributed by atoms with Gasteiger partial charge in [0, 0.05) is 16.6 Å². The standard InChI is InChI=1S/C10H11NO/c1-6-3-4-9-8(10(6)12)5-7(2)11-9/h3-5,11-12H,1-2H3. The van der Waals surface area contributed by atoms with E-state index in [9.17, 15) is 5.11 Å². The SMILES string of the molecule is Cc1cc2c(O)c(C)ccc2[nH]1. The van der Waals surface area contributed by atoms with Crippen LogP contribution in [0, 0.1) is 13.8 Å². The number of fused-ring (bicyclic) bond motifs is 1. The zero-order valence-corrected chi connectivity index (χ0v) is 7.18. The van der Waals surface area contributed by atoms with E-state index in [-0.39, 0.29) is 0 Å². The highest BCUT2D eigenvalue weighted by Gasteiger charge is 2.04. The minimum atomic E-state index is 0.386. The fourth-order valence-electron chi connectivity index (χ4n) is 1.44. The monoisotopic (exact) mass is 161 g/mol. The largest absolute Gasteiger partial charge is 0.507 e. The van der Waals surface area contributed by atoms with Crippen molar-refractivity contribution < 1.29 is 5.11 Å². The Morgan fingerprint density at radius 1 is 1.25 bits per heavy atom. The minimum Gasteiger partial charge on any atom is -0.507 e. The number of aromatic hydroxyl groups is 1. The Labute approximate surface area is 70.8 Å². The number of aromatic nitrogens is 1. The lowest BCUT2D eigenvalue weighted by molar-refractivity contribution is 0.477. The molecule has 1 heterocycles. The van der Waals surface area contributed by atoms with E-state index in [1.54, 1.807) is 0 Å². The van der Waals surface area contributed by atoms with E-state index in [1.807, 2.05) is 32.0 Å². The van der Waals surface area contributed by atoms with Gasteiger partial charge in [-0.1, -0.05) is 6.07 Å². The summed E-state index contributed by atoms with van der Waals surface area (Å²) in [6.45, 7) is 3.88. The molecule has 2 rings (SSSR count). The van der Waals surface area contributed by atoms with Crippen LogP contribution in [-0.4, -0.2) is 10.1 Å². The molecule has 1 aromatic carbocycles. The van der Waals surface area contributed by atoms with Gasteiger partial charge in [-0.3, -0.25) is 0 Å². The van der Waals surface area contributed by atoms with E-state index >= 15 is 0 Å². The molecule has 2 heteroatoms. The number of hydrogen-bond donors (Lipinski definition) is 2. The zero-order chi connectivity index (χ0) is 8.72. The van der Waals surface area contributed by atoms with Gasteiger partial charge in [-0.05, 0) is 31.5 Å². The maximum atomic E-state index is 9.65. The smallest absolute Gasteiger partial charge is 0.127 e. The second kappa shape index (κ2) is 2.27. The normalized spacial score (nSPS) is 10.8. The van der Waals surface area contributed by atoms with Crippen molar-refractivity contribution in [2.75, 3.05) is 0 Å². The highest BCUT2D eigenvalue weighted by Crippen LogP contribution is 2.28. The number of hydrogen-bond acceptors (Lipinski definition) is 1. The van der Waals surface area contributed by atoms with Crippen molar-refractivity contribution in [1.29, 1.82) is 0 Å². The molecule has 12 heavy (non-hydrogen) atoms. The topological polar surface area (TPSA) is 36.0 Å². The zero-order valence-electron chi connectivity index (χ0n) is 7.18. The van der Waals surface area contributed by atoms with Crippen LogP contribution < -0.4 is 0 Å². The summed E-state index contributed by atoms with van der Waals surface area (Å²) in [5.74, 6) is 0.386. The average Bonchev–Trinajstić information content (AvgIpc) is 2.39. The first-order chi connectivity index (χ1) is 5.68. The summed E-state index contributed by atoms with van der Waals surface area (Å²) in [6.07, 6.45) is 0. The van der Waals surface area contributed by atoms with Gasteiger partial charge < -0.3 is 10.1 Å². The third-order valence-electron chi connectivity index (χ3n) is 2.11. The quantitative estimate of drug-likeness (QED) is 0.611. The summed E-state index contributed by atoms with van der Waals surface area (Å²) < 4.78 is 0. The molecule has 1 aromatic heterocycles. The van der Waals surface area contributed by atoms with E-state index in [0.717, 1.165) is 22.2 Å². The van der Waals surface area contributed by atoms with Crippen molar-refractivity contribution in [2.24, 2.45) is 0 Å². The van der Waals surface area contributed by atoms with E-state index in [1.165, 1.54) is 0 Å². The average molecular weight is 161 g/mol. The van der Waals surface area contributed by atoms with Crippen LogP contribution >= 0.6 is 0 Å². The number of phenolic OH excluding ortho intramolecular Hbond substituents is 1. The molecule has 0 saturated carbocycles. The first-order valence-corrected chi connectivity index (χ1v) is 3.96. The molecule has 2 aromatic rings. The Kier molecular flexibility index (Phi) is 1.37. The molecule has 0 aliphatic heterocycles. The van der Waals surface area contributed by atoms with Crippen molar-refractivity contribution in [3.8, 4) is 5.75 Å². The Morgan fingerprint density at radius 3 is 2.75 bits per heavy atom. The van der Waals surface area contributed by atoms with Crippen molar-refractivity contribution in [2.45, 2.75) is 13.8 Å². The predicted octanol–water partition coefficient (Wildman–Crippen LogP) is 2.49. The van der Waals surface area contributed by atoms with E-state index in [0.29, 0.717) is 5.75 Å². The van der Waals surface area contributed by atoms with Crippen LogP contribution in [0.3, 0.4) is 0 Å². The predicted molar refractivity (Wildman–Crippen MR) is 49.4 cm³/mol. The first kappa shape index (κ1) is 7.22. The van der Waals surface area contributed by atoms with Crippen molar-refractivity contribution in [3.05, 3.63) is 29.5 Å². The van der Waals surface area contributed by atoms with Gasteiger partial charge >= 0.3 is 0 Å². The maximum absolute atomic E-state index is 9.65. The molecule has 62 valence electrons. The molecule has 2 nitrogen and oxygen atoms in total. The van der Waals surface area contributed by atoms with E-state index < -0.39 is 0 Å². The molecule has 0 spiro atoms. The summed E-state index contributed by atoms with van der Waals surface area (Å²) in [5, 5.41) is 10.6. The fourth-order valence-corrected chi connectivity index (χ4v) is 1.44. The maximum Gasteiger partial charge on any atom is 0.127 e. The summed E-state index contributed by atoms with van der Waals surface area (Å²) in [5.41, 5.74) is 2.99. The molecule has 0 saturated heterocycles. The summed E-state index contributed by atoms with van der Waals surface area (Å²) >= 11 is 0. The molecule has 2 N–H and O–H groups in total. The van der Waals surface area contributed by atoms with Gasteiger partial charge in [0.05, 0.1) is 0 Å². The third-order valence-corrected chi connectivity index (χ3v) is 2.11.